The maximum absolute atomic E-state index is 11.8. The molecule has 0 radical (unpaired) electrons. The molecule has 1 N–H and O–H groups in total. The zero-order valence-electron chi connectivity index (χ0n) is 13.2. The molecule has 120 valence electrons. The normalized spacial score (nSPS) is 12.1. The fourth-order valence-electron chi connectivity index (χ4n) is 1.65. The van der Waals surface area contributed by atoms with Gasteiger partial charge in [0.15, 0.2) is 0 Å². The lowest BCUT2D eigenvalue weighted by Gasteiger charge is -2.22. The number of thioether (sulfide) groups is 1. The van der Waals surface area contributed by atoms with E-state index in [1.165, 1.54) is 5.56 Å². The second-order valence-corrected chi connectivity index (χ2v) is 6.99. The Hall–Kier alpha value is -1.36. The van der Waals surface area contributed by atoms with Crippen molar-refractivity contribution in [3.05, 3.63) is 35.9 Å². The molecule has 0 heterocycles. The largest absolute Gasteiger partial charge is 0.444 e. The summed E-state index contributed by atoms with van der Waals surface area (Å²) < 4.78 is 5.27. The Labute approximate surface area is 141 Å². The number of hydrogen-bond acceptors (Lipinski definition) is 5. The highest BCUT2D eigenvalue weighted by Crippen LogP contribution is 2.13. The van der Waals surface area contributed by atoms with Crippen LogP contribution in [0, 0.1) is 0 Å². The molecule has 0 aliphatic rings. The number of ether oxygens (including phenoxy) is 1. The first kappa shape index (κ1) is 18.7. The molecule has 0 aliphatic carbocycles. The second-order valence-electron chi connectivity index (χ2n) is 5.78. The number of aliphatic imine (C=N–C) groups is 1. The van der Waals surface area contributed by atoms with Gasteiger partial charge in [-0.3, -0.25) is 0 Å². The first-order chi connectivity index (χ1) is 10.4. The van der Waals surface area contributed by atoms with Crippen LogP contribution in [-0.2, 0) is 10.5 Å². The summed E-state index contributed by atoms with van der Waals surface area (Å²) in [5.41, 5.74) is 0.737. The van der Waals surface area contributed by atoms with E-state index < -0.39 is 11.7 Å². The van der Waals surface area contributed by atoms with Crippen molar-refractivity contribution in [1.82, 2.24) is 5.32 Å². The molecule has 0 bridgehead atoms. The third-order valence-corrected chi connectivity index (χ3v) is 3.83. The van der Waals surface area contributed by atoms with Gasteiger partial charge >= 0.3 is 6.09 Å². The van der Waals surface area contributed by atoms with E-state index in [9.17, 15) is 4.79 Å². The lowest BCUT2D eigenvalue weighted by Crippen LogP contribution is -2.42. The Balaban J connectivity index is 2.46. The summed E-state index contributed by atoms with van der Waals surface area (Å²) in [6, 6.07) is 10.1. The smallest absolute Gasteiger partial charge is 0.407 e. The van der Waals surface area contributed by atoms with E-state index in [0.717, 1.165) is 11.5 Å². The van der Waals surface area contributed by atoms with Crippen molar-refractivity contribution >= 4 is 35.2 Å². The van der Waals surface area contributed by atoms with E-state index in [1.54, 1.807) is 11.8 Å². The van der Waals surface area contributed by atoms with Gasteiger partial charge in [0.1, 0.15) is 5.60 Å². The molecule has 0 saturated carbocycles. The molecule has 4 nitrogen and oxygen atoms in total. The minimum absolute atomic E-state index is 0.126. The van der Waals surface area contributed by atoms with Crippen LogP contribution in [0.25, 0.3) is 0 Å². The molecule has 6 heteroatoms. The fraction of sp³-hybridized carbons (Fsp3) is 0.500. The van der Waals surface area contributed by atoms with Crippen molar-refractivity contribution in [3.8, 4) is 0 Å². The maximum Gasteiger partial charge on any atom is 0.407 e. The van der Waals surface area contributed by atoms with Crippen LogP contribution in [0.2, 0.25) is 0 Å². The molecule has 0 fully saturated rings. The molecule has 0 spiro atoms. The summed E-state index contributed by atoms with van der Waals surface area (Å²) >= 11 is 6.33. The van der Waals surface area contributed by atoms with Crippen molar-refractivity contribution in [2.24, 2.45) is 4.99 Å². The number of isothiocyanates is 1. The van der Waals surface area contributed by atoms with Crippen LogP contribution in [0.3, 0.4) is 0 Å². The monoisotopic (exact) mass is 338 g/mol. The minimum Gasteiger partial charge on any atom is -0.444 e. The van der Waals surface area contributed by atoms with Crippen molar-refractivity contribution in [2.45, 2.75) is 38.2 Å². The van der Waals surface area contributed by atoms with Gasteiger partial charge in [0, 0.05) is 11.5 Å². The lowest BCUT2D eigenvalue weighted by molar-refractivity contribution is 0.0511. The first-order valence-corrected chi connectivity index (χ1v) is 8.62. The van der Waals surface area contributed by atoms with Gasteiger partial charge in [0.2, 0.25) is 0 Å². The average molecular weight is 338 g/mol. The van der Waals surface area contributed by atoms with E-state index in [4.69, 9.17) is 4.74 Å². The van der Waals surface area contributed by atoms with Gasteiger partial charge in [0.25, 0.3) is 0 Å². The molecule has 0 aliphatic heterocycles. The van der Waals surface area contributed by atoms with Gasteiger partial charge < -0.3 is 10.1 Å². The third-order valence-electron chi connectivity index (χ3n) is 2.53. The fourth-order valence-corrected chi connectivity index (χ4v) is 2.75. The molecule has 1 amide bonds. The van der Waals surface area contributed by atoms with Gasteiger partial charge in [-0.2, -0.15) is 11.8 Å². The van der Waals surface area contributed by atoms with Crippen LogP contribution in [0.4, 0.5) is 4.79 Å². The van der Waals surface area contributed by atoms with Crippen LogP contribution in [-0.4, -0.2) is 35.2 Å². The molecule has 0 unspecified atom stereocenters. The Bertz CT molecular complexity index is 509. The summed E-state index contributed by atoms with van der Waals surface area (Å²) in [5.74, 6) is 1.61. The molecule has 0 aromatic heterocycles. The highest BCUT2D eigenvalue weighted by Gasteiger charge is 2.19. The molecule has 1 atom stereocenters. The third kappa shape index (κ3) is 8.82. The van der Waals surface area contributed by atoms with Crippen molar-refractivity contribution < 1.29 is 9.53 Å². The Morgan fingerprint density at radius 3 is 2.68 bits per heavy atom. The lowest BCUT2D eigenvalue weighted by atomic mass is 10.2. The number of benzene rings is 1. The quantitative estimate of drug-likeness (QED) is 0.605. The molecular formula is C16H22N2O2S2. The number of carbonyl (C=O) groups is 1. The number of nitrogens with one attached hydrogen (secondary N) is 1. The van der Waals surface area contributed by atoms with Gasteiger partial charge in [-0.15, -0.1) is 0 Å². The van der Waals surface area contributed by atoms with Crippen molar-refractivity contribution in [2.75, 3.05) is 12.3 Å². The molecule has 0 saturated heterocycles. The number of amides is 1. The molecule has 1 aromatic rings. The standard InChI is InChI=1S/C16H22N2O2S2/c1-16(2,3)20-15(19)18-14(9-17-12-21)11-22-10-13-7-5-4-6-8-13/h4-8,14H,9-11H2,1-3H3,(H,18,19)/t14-/m1/s1. The summed E-state index contributed by atoms with van der Waals surface area (Å²) in [4.78, 5) is 15.8. The van der Waals surface area contributed by atoms with Crippen LogP contribution >= 0.6 is 24.0 Å². The number of nitrogens with zero attached hydrogens (tertiary/aromatic N) is 1. The molecule has 1 rings (SSSR count). The number of rotatable bonds is 7. The first-order valence-electron chi connectivity index (χ1n) is 7.05. The van der Waals surface area contributed by atoms with Crippen LogP contribution in [0.5, 0.6) is 0 Å². The number of carbonyl (C=O) groups excluding carboxylic acids is 1. The Kier molecular flexibility index (Phi) is 8.17. The van der Waals surface area contributed by atoms with E-state index in [2.05, 4.69) is 39.8 Å². The predicted molar refractivity (Wildman–Crippen MR) is 95.7 cm³/mol. The SMILES string of the molecule is CC(C)(C)OC(=O)N[C@H](CN=C=S)CSCc1ccccc1. The van der Waals surface area contributed by atoms with Crippen molar-refractivity contribution in [3.63, 3.8) is 0 Å². The molecule has 1 aromatic carbocycles. The van der Waals surface area contributed by atoms with Crippen molar-refractivity contribution in [1.29, 1.82) is 0 Å². The highest BCUT2D eigenvalue weighted by molar-refractivity contribution is 7.98. The molecule has 22 heavy (non-hydrogen) atoms. The molecular weight excluding hydrogens is 316 g/mol. The van der Waals surface area contributed by atoms with Gasteiger partial charge in [-0.05, 0) is 38.6 Å². The highest BCUT2D eigenvalue weighted by atomic mass is 32.2. The van der Waals surface area contributed by atoms with Gasteiger partial charge in [0.05, 0.1) is 17.7 Å². The summed E-state index contributed by atoms with van der Waals surface area (Å²) in [6.07, 6.45) is -0.433. The van der Waals surface area contributed by atoms with Crippen LogP contribution < -0.4 is 5.32 Å². The van der Waals surface area contributed by atoms with E-state index in [-0.39, 0.29) is 6.04 Å². The Morgan fingerprint density at radius 1 is 1.41 bits per heavy atom. The van der Waals surface area contributed by atoms with Crippen LogP contribution in [0.15, 0.2) is 35.3 Å². The minimum atomic E-state index is -0.515. The van der Waals surface area contributed by atoms with Gasteiger partial charge in [-0.1, -0.05) is 30.3 Å². The summed E-state index contributed by atoms with van der Waals surface area (Å²) in [7, 11) is 0. The topological polar surface area (TPSA) is 50.7 Å². The number of thiocarbonyl (C=S) groups is 1. The zero-order valence-corrected chi connectivity index (χ0v) is 14.8. The number of alkyl carbamates (subject to hydrolysis) is 1. The summed E-state index contributed by atoms with van der Waals surface area (Å²) in [6.45, 7) is 5.91. The summed E-state index contributed by atoms with van der Waals surface area (Å²) in [5, 5.41) is 5.17. The number of hydrogen-bond donors (Lipinski definition) is 1. The van der Waals surface area contributed by atoms with Gasteiger partial charge in [-0.25, -0.2) is 9.79 Å². The zero-order chi connectivity index (χ0) is 16.4. The van der Waals surface area contributed by atoms with Crippen LogP contribution in [0.1, 0.15) is 26.3 Å². The predicted octanol–water partition coefficient (Wildman–Crippen LogP) is 3.92. The maximum atomic E-state index is 11.8. The average Bonchev–Trinajstić information content (AvgIpc) is 2.43. The van der Waals surface area contributed by atoms with E-state index in [0.29, 0.717) is 6.54 Å². The van der Waals surface area contributed by atoms with E-state index in [1.807, 2.05) is 39.0 Å². The van der Waals surface area contributed by atoms with E-state index >= 15 is 0 Å². The Morgan fingerprint density at radius 2 is 2.09 bits per heavy atom. The second kappa shape index (κ2) is 9.62.